The Morgan fingerprint density at radius 3 is 2.90 bits per heavy atom. The molecule has 102 valence electrons. The third kappa shape index (κ3) is 2.02. The number of thiocarbonyl (C=S) groups is 1. The molecule has 0 fully saturated rings. The third-order valence-corrected chi connectivity index (χ3v) is 3.80. The fraction of sp³-hybridized carbons (Fsp3) is 0.286. The van der Waals surface area contributed by atoms with Crippen molar-refractivity contribution in [2.75, 3.05) is 0 Å². The quantitative estimate of drug-likeness (QED) is 0.782. The number of amides is 1. The van der Waals surface area contributed by atoms with Crippen molar-refractivity contribution in [3.05, 3.63) is 41.3 Å². The summed E-state index contributed by atoms with van der Waals surface area (Å²) < 4.78 is 5.12. The summed E-state index contributed by atoms with van der Waals surface area (Å²) in [5, 5.41) is 4.19. The lowest BCUT2D eigenvalue weighted by molar-refractivity contribution is -0.128. The molecule has 1 aromatic heterocycles. The highest BCUT2D eigenvalue weighted by atomic mass is 32.1. The molecule has 0 aromatic carbocycles. The number of carbonyl (C=O) groups excluding carboxylic acids is 1. The van der Waals surface area contributed by atoms with Gasteiger partial charge >= 0.3 is 0 Å². The molecule has 0 radical (unpaired) electrons. The van der Waals surface area contributed by atoms with E-state index in [1.54, 1.807) is 0 Å². The number of hydrogen-bond acceptors (Lipinski definition) is 4. The van der Waals surface area contributed by atoms with Crippen molar-refractivity contribution in [2.24, 2.45) is 10.9 Å². The molecule has 6 heteroatoms. The van der Waals surface area contributed by atoms with Crippen molar-refractivity contribution in [3.63, 3.8) is 0 Å². The van der Waals surface area contributed by atoms with Crippen LogP contribution in [0.2, 0.25) is 0 Å². The Labute approximate surface area is 121 Å². The van der Waals surface area contributed by atoms with Crippen LogP contribution in [0, 0.1) is 19.8 Å². The summed E-state index contributed by atoms with van der Waals surface area (Å²) in [6.07, 6.45) is 7.37. The Morgan fingerprint density at radius 1 is 1.40 bits per heavy atom. The molecule has 1 atom stereocenters. The Bertz CT molecular complexity index is 665. The van der Waals surface area contributed by atoms with Crippen molar-refractivity contribution in [3.8, 4) is 0 Å². The maximum absolute atomic E-state index is 12.5. The van der Waals surface area contributed by atoms with Gasteiger partial charge in [0.2, 0.25) is 11.0 Å². The van der Waals surface area contributed by atoms with Gasteiger partial charge in [-0.1, -0.05) is 23.4 Å². The number of nitrogens with zero attached hydrogens (tertiary/aromatic N) is 3. The molecule has 0 spiro atoms. The predicted octanol–water partition coefficient (Wildman–Crippen LogP) is 2.10. The van der Waals surface area contributed by atoms with E-state index < -0.39 is 0 Å². The van der Waals surface area contributed by atoms with E-state index in [1.165, 1.54) is 4.90 Å². The van der Waals surface area contributed by atoms with E-state index in [4.69, 9.17) is 16.7 Å². The number of fused-ring (bicyclic) bond motifs is 1. The summed E-state index contributed by atoms with van der Waals surface area (Å²) in [6, 6.07) is 0. The number of aliphatic imine (C=N–C) groups is 1. The second-order valence-electron chi connectivity index (χ2n) is 4.77. The van der Waals surface area contributed by atoms with Gasteiger partial charge in [-0.25, -0.2) is 4.99 Å². The normalized spacial score (nSPS) is 21.2. The van der Waals surface area contributed by atoms with E-state index >= 15 is 0 Å². The van der Waals surface area contributed by atoms with Gasteiger partial charge in [0.15, 0.2) is 0 Å². The molecular formula is C14H13N3O2S. The minimum absolute atomic E-state index is 0.0550. The van der Waals surface area contributed by atoms with Crippen LogP contribution >= 0.6 is 12.2 Å². The highest BCUT2D eigenvalue weighted by molar-refractivity contribution is 7.80. The first-order valence-electron chi connectivity index (χ1n) is 6.28. The predicted molar refractivity (Wildman–Crippen MR) is 78.3 cm³/mol. The Morgan fingerprint density at radius 2 is 2.20 bits per heavy atom. The Balaban J connectivity index is 1.93. The minimum atomic E-state index is -0.341. The van der Waals surface area contributed by atoms with Gasteiger partial charge in [-0.2, -0.15) is 0 Å². The second-order valence-corrected chi connectivity index (χ2v) is 5.13. The molecule has 0 saturated heterocycles. The maximum atomic E-state index is 12.5. The molecule has 0 bridgehead atoms. The SMILES string of the molecule is Cc1noc(C)c1CN1C(=O)C2C=CC=CC2=NC1=S. The number of rotatable bonds is 2. The van der Waals surface area contributed by atoms with Crippen LogP contribution in [0.5, 0.6) is 0 Å². The number of carbonyl (C=O) groups is 1. The zero-order chi connectivity index (χ0) is 14.3. The van der Waals surface area contributed by atoms with Crippen molar-refractivity contribution in [2.45, 2.75) is 20.4 Å². The molecule has 5 nitrogen and oxygen atoms in total. The fourth-order valence-electron chi connectivity index (χ4n) is 2.31. The summed E-state index contributed by atoms with van der Waals surface area (Å²) in [4.78, 5) is 18.4. The summed E-state index contributed by atoms with van der Waals surface area (Å²) in [5.74, 6) is 0.305. The highest BCUT2D eigenvalue weighted by Gasteiger charge is 2.34. The van der Waals surface area contributed by atoms with Crippen LogP contribution in [0.3, 0.4) is 0 Å². The molecule has 0 saturated carbocycles. The van der Waals surface area contributed by atoms with Crippen molar-refractivity contribution >= 4 is 28.9 Å². The minimum Gasteiger partial charge on any atom is -0.361 e. The molecule has 3 rings (SSSR count). The molecule has 1 unspecified atom stereocenters. The Kier molecular flexibility index (Phi) is 3.10. The summed E-state index contributed by atoms with van der Waals surface area (Å²) in [6.45, 7) is 4.02. The molecule has 1 aliphatic carbocycles. The maximum Gasteiger partial charge on any atom is 0.242 e. The van der Waals surface area contributed by atoms with Gasteiger partial charge in [-0.05, 0) is 32.1 Å². The first-order valence-corrected chi connectivity index (χ1v) is 6.69. The van der Waals surface area contributed by atoms with Crippen LogP contribution in [0.1, 0.15) is 17.0 Å². The molecule has 1 aromatic rings. The van der Waals surface area contributed by atoms with Crippen LogP contribution in [0.4, 0.5) is 0 Å². The number of allylic oxidation sites excluding steroid dienone is 3. The van der Waals surface area contributed by atoms with Gasteiger partial charge < -0.3 is 4.52 Å². The van der Waals surface area contributed by atoms with Gasteiger partial charge in [0, 0.05) is 5.56 Å². The second kappa shape index (κ2) is 4.79. The van der Waals surface area contributed by atoms with Gasteiger partial charge in [-0.3, -0.25) is 9.69 Å². The monoisotopic (exact) mass is 287 g/mol. The molecule has 2 aliphatic rings. The van der Waals surface area contributed by atoms with Gasteiger partial charge in [0.25, 0.3) is 0 Å². The summed E-state index contributed by atoms with van der Waals surface area (Å²) >= 11 is 5.24. The van der Waals surface area contributed by atoms with Crippen molar-refractivity contribution in [1.29, 1.82) is 0 Å². The van der Waals surface area contributed by atoms with Crippen LogP contribution in [0.15, 0.2) is 33.8 Å². The third-order valence-electron chi connectivity index (χ3n) is 3.49. The van der Waals surface area contributed by atoms with Crippen LogP contribution in [-0.4, -0.2) is 26.8 Å². The van der Waals surface area contributed by atoms with Crippen LogP contribution in [-0.2, 0) is 11.3 Å². The van der Waals surface area contributed by atoms with Crippen molar-refractivity contribution < 1.29 is 9.32 Å². The van der Waals surface area contributed by atoms with Crippen molar-refractivity contribution in [1.82, 2.24) is 10.1 Å². The largest absolute Gasteiger partial charge is 0.361 e. The average Bonchev–Trinajstić information content (AvgIpc) is 2.74. The molecule has 1 amide bonds. The zero-order valence-corrected chi connectivity index (χ0v) is 12.0. The first-order chi connectivity index (χ1) is 9.58. The summed E-state index contributed by atoms with van der Waals surface area (Å²) in [7, 11) is 0. The molecule has 1 aliphatic heterocycles. The molecular weight excluding hydrogens is 274 g/mol. The van der Waals surface area contributed by atoms with Crippen LogP contribution < -0.4 is 0 Å². The molecule has 0 N–H and O–H groups in total. The van der Waals surface area contributed by atoms with E-state index in [0.29, 0.717) is 23.1 Å². The lowest BCUT2D eigenvalue weighted by Gasteiger charge is -2.30. The van der Waals surface area contributed by atoms with Gasteiger partial charge in [0.1, 0.15) is 5.76 Å². The van der Waals surface area contributed by atoms with E-state index in [-0.39, 0.29) is 11.8 Å². The van der Waals surface area contributed by atoms with Gasteiger partial charge in [-0.15, -0.1) is 0 Å². The van der Waals surface area contributed by atoms with Gasteiger partial charge in [0.05, 0.1) is 23.9 Å². The average molecular weight is 287 g/mol. The Hall–Kier alpha value is -2.08. The van der Waals surface area contributed by atoms with E-state index in [1.807, 2.05) is 38.2 Å². The van der Waals surface area contributed by atoms with Crippen LogP contribution in [0.25, 0.3) is 0 Å². The fourth-order valence-corrected chi connectivity index (χ4v) is 2.57. The number of aryl methyl sites for hydroxylation is 2. The van der Waals surface area contributed by atoms with E-state index in [2.05, 4.69) is 10.1 Å². The lowest BCUT2D eigenvalue weighted by Crippen LogP contribution is -2.45. The van der Waals surface area contributed by atoms with E-state index in [0.717, 1.165) is 11.3 Å². The van der Waals surface area contributed by atoms with E-state index in [9.17, 15) is 4.79 Å². The zero-order valence-electron chi connectivity index (χ0n) is 11.2. The topological polar surface area (TPSA) is 58.7 Å². The molecule has 2 heterocycles. The first kappa shape index (κ1) is 12.9. The number of hydrogen-bond donors (Lipinski definition) is 0. The summed E-state index contributed by atoms with van der Waals surface area (Å²) in [5.41, 5.74) is 2.36. The standard InChI is InChI=1S/C14H13N3O2S/c1-8-11(9(2)19-16-8)7-17-13(18)10-5-3-4-6-12(10)15-14(17)20/h3-6,10H,7H2,1-2H3. The number of aromatic nitrogens is 1. The smallest absolute Gasteiger partial charge is 0.242 e. The molecule has 20 heavy (non-hydrogen) atoms. The lowest BCUT2D eigenvalue weighted by atomic mass is 9.95. The highest BCUT2D eigenvalue weighted by Crippen LogP contribution is 2.23.